The molecule has 0 aliphatic heterocycles. The van der Waals surface area contributed by atoms with Gasteiger partial charge in [0.1, 0.15) is 17.5 Å². The number of allylic oxidation sites excluding steroid dienone is 1. The maximum Gasteiger partial charge on any atom is 0.192 e. The van der Waals surface area contributed by atoms with E-state index in [-0.39, 0.29) is 35.9 Å². The molecule has 2 aromatic carbocycles. The fourth-order valence-corrected chi connectivity index (χ4v) is 8.65. The molecular formula is C35H38O7. The van der Waals surface area contributed by atoms with Gasteiger partial charge < -0.3 is 10.2 Å². The van der Waals surface area contributed by atoms with Crippen molar-refractivity contribution in [3.05, 3.63) is 64.2 Å². The molecule has 0 spiro atoms. The van der Waals surface area contributed by atoms with Crippen LogP contribution in [0.25, 0.3) is 11.1 Å². The number of aliphatic hydroxyl groups is 1. The van der Waals surface area contributed by atoms with Gasteiger partial charge in [-0.1, -0.05) is 76.1 Å². The van der Waals surface area contributed by atoms with Crippen molar-refractivity contribution in [2.24, 2.45) is 28.6 Å². The van der Waals surface area contributed by atoms with E-state index in [1.807, 2.05) is 32.9 Å². The first-order chi connectivity index (χ1) is 19.5. The maximum absolute atomic E-state index is 14.5. The summed E-state index contributed by atoms with van der Waals surface area (Å²) in [4.78, 5) is 67.5. The van der Waals surface area contributed by atoms with Gasteiger partial charge >= 0.3 is 0 Å². The molecule has 1 saturated carbocycles. The quantitative estimate of drug-likeness (QED) is 0.277. The monoisotopic (exact) mass is 570 g/mol. The minimum atomic E-state index is -2.56. The molecule has 3 aliphatic carbocycles. The summed E-state index contributed by atoms with van der Waals surface area (Å²) < 4.78 is 0. The molecule has 2 unspecified atom stereocenters. The van der Waals surface area contributed by atoms with Crippen molar-refractivity contribution >= 4 is 28.9 Å². The number of Topliss-reactive ketones (excluding diaryl/α,β-unsaturated/α-hetero) is 5. The van der Waals surface area contributed by atoms with Crippen LogP contribution >= 0.6 is 0 Å². The highest BCUT2D eigenvalue weighted by atomic mass is 16.3. The number of rotatable bonds is 5. The van der Waals surface area contributed by atoms with Gasteiger partial charge in [0.2, 0.25) is 0 Å². The van der Waals surface area contributed by atoms with Crippen LogP contribution in [-0.4, -0.2) is 44.7 Å². The lowest BCUT2D eigenvalue weighted by atomic mass is 9.41. The van der Waals surface area contributed by atoms with E-state index in [1.165, 1.54) is 13.0 Å². The number of hydrogen-bond donors (Lipinski definition) is 2. The Morgan fingerprint density at radius 3 is 2.17 bits per heavy atom. The zero-order valence-corrected chi connectivity index (χ0v) is 25.3. The van der Waals surface area contributed by atoms with E-state index in [0.29, 0.717) is 34.3 Å². The van der Waals surface area contributed by atoms with Crippen molar-refractivity contribution in [1.29, 1.82) is 0 Å². The number of fused-ring (bicyclic) bond motifs is 3. The fourth-order valence-electron chi connectivity index (χ4n) is 8.65. The number of phenols is 1. The summed E-state index contributed by atoms with van der Waals surface area (Å²) in [5, 5.41) is 23.1. The van der Waals surface area contributed by atoms with E-state index in [2.05, 4.69) is 0 Å². The molecule has 7 heteroatoms. The second-order valence-corrected chi connectivity index (χ2v) is 13.2. The van der Waals surface area contributed by atoms with Gasteiger partial charge in [-0.15, -0.1) is 0 Å². The highest BCUT2D eigenvalue weighted by Gasteiger charge is 2.73. The summed E-state index contributed by atoms with van der Waals surface area (Å²) in [5.74, 6) is -5.95. The molecule has 0 saturated heterocycles. The Balaban J connectivity index is 1.72. The van der Waals surface area contributed by atoms with E-state index in [0.717, 1.165) is 5.56 Å². The summed E-state index contributed by atoms with van der Waals surface area (Å²) in [7, 11) is 0. The number of hydrogen-bond acceptors (Lipinski definition) is 7. The van der Waals surface area contributed by atoms with Crippen LogP contribution in [0.1, 0.15) is 87.6 Å². The van der Waals surface area contributed by atoms with E-state index in [9.17, 15) is 34.2 Å². The molecule has 220 valence electrons. The van der Waals surface area contributed by atoms with Gasteiger partial charge in [0, 0.05) is 17.4 Å². The van der Waals surface area contributed by atoms with Gasteiger partial charge in [0.15, 0.2) is 28.7 Å². The Kier molecular flexibility index (Phi) is 6.85. The first-order valence-corrected chi connectivity index (χ1v) is 14.6. The first-order valence-electron chi connectivity index (χ1n) is 14.6. The molecule has 2 aromatic rings. The van der Waals surface area contributed by atoms with E-state index >= 15 is 0 Å². The summed E-state index contributed by atoms with van der Waals surface area (Å²) >= 11 is 0. The zero-order chi connectivity index (χ0) is 31.1. The van der Waals surface area contributed by atoms with Gasteiger partial charge in [-0.05, 0) is 60.8 Å². The van der Waals surface area contributed by atoms with E-state index in [4.69, 9.17) is 0 Å². The number of carbonyl (C=O) groups excluding carboxylic acids is 5. The van der Waals surface area contributed by atoms with Crippen molar-refractivity contribution in [2.75, 3.05) is 0 Å². The van der Waals surface area contributed by atoms with Crippen LogP contribution in [0.5, 0.6) is 5.75 Å². The van der Waals surface area contributed by atoms with Crippen LogP contribution in [0, 0.1) is 28.6 Å². The van der Waals surface area contributed by atoms with Crippen LogP contribution < -0.4 is 0 Å². The fraction of sp³-hybridized carbons (Fsp3) is 0.457. The van der Waals surface area contributed by atoms with Crippen molar-refractivity contribution in [3.8, 4) is 16.9 Å². The third kappa shape index (κ3) is 3.78. The number of carbonyl (C=O) groups is 5. The first kappa shape index (κ1) is 29.8. The summed E-state index contributed by atoms with van der Waals surface area (Å²) in [6.45, 7) is 12.2. The lowest BCUT2D eigenvalue weighted by Crippen LogP contribution is -2.73. The molecule has 3 aliphatic rings. The Hall–Kier alpha value is -3.71. The van der Waals surface area contributed by atoms with Gasteiger partial charge in [-0.25, -0.2) is 0 Å². The van der Waals surface area contributed by atoms with Crippen LogP contribution in [0.2, 0.25) is 0 Å². The standard InChI is InChI=1S/C35H38O7/c1-8-24(37)21-11-9-20(10-12-21)22-13-14-25(38)27-23(22)15-33(6)16-34(7)28(17(2)3)18(4)26(19(5)36)31(40)35(34,42)32(41)29(33)30(27)39/h9-14,17,26,29,38,42H,8,15-16H2,1-7H3/t26?,29?,33-,34-,35+/m0/s1. The third-order valence-corrected chi connectivity index (χ3v) is 10.1. The molecule has 2 N–H and O–H groups in total. The van der Waals surface area contributed by atoms with Crippen molar-refractivity contribution in [1.82, 2.24) is 0 Å². The topological polar surface area (TPSA) is 126 Å². The van der Waals surface area contributed by atoms with Crippen LogP contribution in [0.3, 0.4) is 0 Å². The second kappa shape index (κ2) is 9.66. The lowest BCUT2D eigenvalue weighted by molar-refractivity contribution is -0.183. The normalized spacial score (nSPS) is 30.6. The third-order valence-electron chi connectivity index (χ3n) is 10.1. The molecule has 0 aromatic heterocycles. The van der Waals surface area contributed by atoms with Crippen LogP contribution in [0.15, 0.2) is 47.5 Å². The van der Waals surface area contributed by atoms with Crippen LogP contribution in [0.4, 0.5) is 0 Å². The number of benzene rings is 2. The van der Waals surface area contributed by atoms with Crippen LogP contribution in [-0.2, 0) is 20.8 Å². The summed E-state index contributed by atoms with van der Waals surface area (Å²) in [6, 6.07) is 10.2. The number of ketones is 5. The number of phenolic OH excluding ortho intramolecular Hbond substituents is 1. The molecule has 1 fully saturated rings. The largest absolute Gasteiger partial charge is 0.507 e. The average Bonchev–Trinajstić information content (AvgIpc) is 2.90. The molecular weight excluding hydrogens is 532 g/mol. The van der Waals surface area contributed by atoms with Gasteiger partial charge in [0.05, 0.1) is 11.5 Å². The average molecular weight is 571 g/mol. The predicted octanol–water partition coefficient (Wildman–Crippen LogP) is 5.48. The highest BCUT2D eigenvalue weighted by Crippen LogP contribution is 2.64. The minimum Gasteiger partial charge on any atom is -0.507 e. The molecule has 5 rings (SSSR count). The maximum atomic E-state index is 14.5. The van der Waals surface area contributed by atoms with E-state index < -0.39 is 51.4 Å². The van der Waals surface area contributed by atoms with E-state index in [1.54, 1.807) is 39.0 Å². The highest BCUT2D eigenvalue weighted by molar-refractivity contribution is 6.27. The Morgan fingerprint density at radius 1 is 1.00 bits per heavy atom. The van der Waals surface area contributed by atoms with Crippen molar-refractivity contribution < 1.29 is 34.2 Å². The predicted molar refractivity (Wildman–Crippen MR) is 157 cm³/mol. The zero-order valence-electron chi connectivity index (χ0n) is 25.3. The van der Waals surface area contributed by atoms with Crippen molar-refractivity contribution in [3.63, 3.8) is 0 Å². The SMILES string of the molecule is CCC(=O)c1ccc(-c2ccc(O)c3c2C[C@@]2(C)C[C@@]4(C)C(C(C)C)=C(C)C(C(C)=O)C(=O)[C@@]4(O)C(=O)C2C3=O)cc1. The molecule has 42 heavy (non-hydrogen) atoms. The van der Waals surface area contributed by atoms with Gasteiger partial charge in [0.25, 0.3) is 0 Å². The molecule has 0 bridgehead atoms. The molecule has 0 heterocycles. The summed E-state index contributed by atoms with van der Waals surface area (Å²) in [5.41, 5.74) is -0.996. The Bertz CT molecular complexity index is 1610. The second-order valence-electron chi connectivity index (χ2n) is 13.2. The smallest absolute Gasteiger partial charge is 0.192 e. The molecule has 7 nitrogen and oxygen atoms in total. The lowest BCUT2D eigenvalue weighted by Gasteiger charge is -2.60. The Morgan fingerprint density at radius 2 is 1.62 bits per heavy atom. The van der Waals surface area contributed by atoms with Gasteiger partial charge in [-0.3, -0.25) is 24.0 Å². The minimum absolute atomic E-state index is 0.00595. The molecule has 0 radical (unpaired) electrons. The Labute approximate surface area is 246 Å². The number of aromatic hydroxyl groups is 1. The summed E-state index contributed by atoms with van der Waals surface area (Å²) in [6.07, 6.45) is 0.770. The van der Waals surface area contributed by atoms with Crippen molar-refractivity contribution in [2.45, 2.75) is 73.3 Å². The molecule has 0 amide bonds. The molecule has 5 atom stereocenters. The van der Waals surface area contributed by atoms with Gasteiger partial charge in [-0.2, -0.15) is 0 Å².